The Bertz CT molecular complexity index is 1250. The summed E-state index contributed by atoms with van der Waals surface area (Å²) in [7, 11) is -4.02. The molecule has 34 heavy (non-hydrogen) atoms. The molecule has 2 amide bonds. The van der Waals surface area contributed by atoms with Crippen molar-refractivity contribution in [3.63, 3.8) is 0 Å². The zero-order valence-electron chi connectivity index (χ0n) is 18.9. The molecule has 178 valence electrons. The third kappa shape index (κ3) is 5.55. The van der Waals surface area contributed by atoms with Crippen LogP contribution in [0.4, 0.5) is 5.69 Å². The number of nitrogens with one attached hydrogen (secondary N) is 2. The van der Waals surface area contributed by atoms with Crippen LogP contribution in [0, 0.1) is 0 Å². The molecular formula is C25H27N3O5S. The number of anilines is 1. The van der Waals surface area contributed by atoms with Gasteiger partial charge in [0.1, 0.15) is 5.76 Å². The van der Waals surface area contributed by atoms with E-state index in [4.69, 9.17) is 4.42 Å². The summed E-state index contributed by atoms with van der Waals surface area (Å²) in [5.74, 6) is -0.211. The van der Waals surface area contributed by atoms with Crippen molar-refractivity contribution < 1.29 is 22.4 Å². The fourth-order valence-electron chi connectivity index (χ4n) is 4.17. The molecule has 0 fully saturated rings. The number of aryl methyl sites for hydroxylation is 1. The zero-order valence-corrected chi connectivity index (χ0v) is 19.7. The molecule has 0 spiro atoms. The molecule has 2 aromatic carbocycles. The average molecular weight is 482 g/mol. The molecule has 9 heteroatoms. The second kappa shape index (κ2) is 10.2. The Hall–Kier alpha value is -3.43. The molecule has 1 unspecified atom stereocenters. The van der Waals surface area contributed by atoms with Crippen LogP contribution >= 0.6 is 0 Å². The van der Waals surface area contributed by atoms with E-state index in [1.807, 2.05) is 18.2 Å². The summed E-state index contributed by atoms with van der Waals surface area (Å²) in [5.41, 5.74) is 2.77. The van der Waals surface area contributed by atoms with Gasteiger partial charge in [0.15, 0.2) is 0 Å². The highest BCUT2D eigenvalue weighted by molar-refractivity contribution is 7.89. The number of rotatable bonds is 8. The molecule has 1 heterocycles. The van der Waals surface area contributed by atoms with Gasteiger partial charge in [-0.3, -0.25) is 9.59 Å². The third-order valence-electron chi connectivity index (χ3n) is 5.75. The minimum Gasteiger partial charge on any atom is -0.468 e. The van der Waals surface area contributed by atoms with Crippen LogP contribution in [0.3, 0.4) is 0 Å². The molecule has 0 saturated carbocycles. The molecule has 1 atom stereocenters. The van der Waals surface area contributed by atoms with Crippen LogP contribution in [0.5, 0.6) is 0 Å². The summed E-state index contributed by atoms with van der Waals surface area (Å²) in [4.78, 5) is 24.3. The quantitative estimate of drug-likeness (QED) is 0.511. The van der Waals surface area contributed by atoms with Crippen LogP contribution in [0.1, 0.15) is 42.7 Å². The van der Waals surface area contributed by atoms with E-state index in [0.29, 0.717) is 11.4 Å². The normalized spacial score (nSPS) is 15.5. The summed E-state index contributed by atoms with van der Waals surface area (Å²) >= 11 is 0. The molecule has 1 aliphatic rings. The summed E-state index contributed by atoms with van der Waals surface area (Å²) in [5, 5.41) is 5.62. The highest BCUT2D eigenvalue weighted by atomic mass is 32.2. The fourth-order valence-corrected chi connectivity index (χ4v) is 5.53. The zero-order chi connectivity index (χ0) is 24.1. The van der Waals surface area contributed by atoms with Gasteiger partial charge in [0.05, 0.1) is 30.3 Å². The first kappa shape index (κ1) is 23.7. The summed E-state index contributed by atoms with van der Waals surface area (Å²) in [6.45, 7) is 0.936. The van der Waals surface area contributed by atoms with Crippen molar-refractivity contribution >= 4 is 27.5 Å². The van der Waals surface area contributed by atoms with E-state index in [2.05, 4.69) is 16.7 Å². The SMILES string of the molecule is CC(=O)Nc1ccc(S(=O)(=O)N(CC(=O)NC2CCCc3ccccc32)Cc2ccco2)cc1. The Morgan fingerprint density at radius 3 is 2.53 bits per heavy atom. The van der Waals surface area contributed by atoms with Crippen LogP contribution in [0.2, 0.25) is 0 Å². The Morgan fingerprint density at radius 1 is 1.06 bits per heavy atom. The average Bonchev–Trinajstić information content (AvgIpc) is 3.32. The Morgan fingerprint density at radius 2 is 1.82 bits per heavy atom. The van der Waals surface area contributed by atoms with Gasteiger partial charge in [-0.25, -0.2) is 8.42 Å². The van der Waals surface area contributed by atoms with Crippen LogP contribution in [0.15, 0.2) is 76.2 Å². The minimum atomic E-state index is -4.02. The van der Waals surface area contributed by atoms with Crippen molar-refractivity contribution in [2.24, 2.45) is 0 Å². The maximum Gasteiger partial charge on any atom is 0.243 e. The predicted octanol–water partition coefficient (Wildman–Crippen LogP) is 3.62. The number of benzene rings is 2. The second-order valence-electron chi connectivity index (χ2n) is 8.27. The Balaban J connectivity index is 1.54. The number of amides is 2. The number of furan rings is 1. The lowest BCUT2D eigenvalue weighted by Crippen LogP contribution is -2.42. The van der Waals surface area contributed by atoms with Crippen LogP contribution in [-0.2, 0) is 32.6 Å². The minimum absolute atomic E-state index is 0.0176. The lowest BCUT2D eigenvalue weighted by molar-refractivity contribution is -0.122. The molecule has 1 aliphatic carbocycles. The van der Waals surface area contributed by atoms with E-state index >= 15 is 0 Å². The maximum atomic E-state index is 13.4. The van der Waals surface area contributed by atoms with Crippen molar-refractivity contribution in [1.82, 2.24) is 9.62 Å². The second-order valence-corrected chi connectivity index (χ2v) is 10.2. The predicted molar refractivity (Wildman–Crippen MR) is 127 cm³/mol. The number of fused-ring (bicyclic) bond motifs is 1. The van der Waals surface area contributed by atoms with Crippen LogP contribution in [0.25, 0.3) is 0 Å². The molecular weight excluding hydrogens is 454 g/mol. The number of hydrogen-bond acceptors (Lipinski definition) is 5. The van der Waals surface area contributed by atoms with E-state index in [-0.39, 0.29) is 35.8 Å². The van der Waals surface area contributed by atoms with Crippen LogP contribution < -0.4 is 10.6 Å². The topological polar surface area (TPSA) is 109 Å². The molecule has 0 saturated heterocycles. The maximum absolute atomic E-state index is 13.4. The number of carbonyl (C=O) groups is 2. The molecule has 4 rings (SSSR count). The smallest absolute Gasteiger partial charge is 0.243 e. The molecule has 2 N–H and O–H groups in total. The first-order valence-corrected chi connectivity index (χ1v) is 12.5. The first-order valence-electron chi connectivity index (χ1n) is 11.1. The van der Waals surface area contributed by atoms with Crippen molar-refractivity contribution in [1.29, 1.82) is 0 Å². The lowest BCUT2D eigenvalue weighted by atomic mass is 9.88. The van der Waals surface area contributed by atoms with E-state index in [1.54, 1.807) is 12.1 Å². The first-order chi connectivity index (χ1) is 16.3. The number of hydrogen-bond donors (Lipinski definition) is 2. The monoisotopic (exact) mass is 481 g/mol. The van der Waals surface area contributed by atoms with Gasteiger partial charge in [-0.2, -0.15) is 4.31 Å². The van der Waals surface area contributed by atoms with E-state index in [1.165, 1.54) is 43.0 Å². The van der Waals surface area contributed by atoms with Crippen molar-refractivity contribution in [3.8, 4) is 0 Å². The molecule has 1 aromatic heterocycles. The fraction of sp³-hybridized carbons (Fsp3) is 0.280. The lowest BCUT2D eigenvalue weighted by Gasteiger charge is -2.28. The summed E-state index contributed by atoms with van der Waals surface area (Å²) < 4.78 is 33.3. The van der Waals surface area contributed by atoms with Crippen molar-refractivity contribution in [2.75, 3.05) is 11.9 Å². The number of sulfonamides is 1. The van der Waals surface area contributed by atoms with Gasteiger partial charge < -0.3 is 15.1 Å². The van der Waals surface area contributed by atoms with E-state index < -0.39 is 10.0 Å². The third-order valence-corrected chi connectivity index (χ3v) is 7.56. The number of nitrogens with zero attached hydrogens (tertiary/aromatic N) is 1. The Kier molecular flexibility index (Phi) is 7.14. The largest absolute Gasteiger partial charge is 0.468 e. The summed E-state index contributed by atoms with van der Waals surface area (Å²) in [6.07, 6.45) is 4.19. The van der Waals surface area contributed by atoms with Gasteiger partial charge in [0.2, 0.25) is 21.8 Å². The molecule has 8 nitrogen and oxygen atoms in total. The molecule has 3 aromatic rings. The summed E-state index contributed by atoms with van der Waals surface area (Å²) in [6, 6.07) is 17.0. The van der Waals surface area contributed by atoms with Gasteiger partial charge in [-0.15, -0.1) is 0 Å². The Labute approximate surface area is 199 Å². The van der Waals surface area contributed by atoms with Crippen LogP contribution in [-0.4, -0.2) is 31.1 Å². The highest BCUT2D eigenvalue weighted by Gasteiger charge is 2.29. The molecule has 0 bridgehead atoms. The van der Waals surface area contributed by atoms with Crippen molar-refractivity contribution in [2.45, 2.75) is 43.7 Å². The van der Waals surface area contributed by atoms with Gasteiger partial charge >= 0.3 is 0 Å². The van der Waals surface area contributed by atoms with Crippen molar-refractivity contribution in [3.05, 3.63) is 83.8 Å². The van der Waals surface area contributed by atoms with Gasteiger partial charge in [-0.05, 0) is 66.8 Å². The van der Waals surface area contributed by atoms with Gasteiger partial charge in [0, 0.05) is 12.6 Å². The molecule has 0 radical (unpaired) electrons. The molecule has 0 aliphatic heterocycles. The number of carbonyl (C=O) groups excluding carboxylic acids is 2. The highest BCUT2D eigenvalue weighted by Crippen LogP contribution is 2.29. The van der Waals surface area contributed by atoms with Gasteiger partial charge in [-0.1, -0.05) is 24.3 Å². The standard InChI is InChI=1S/C25H27N3O5S/c1-18(29)26-20-11-13-22(14-12-20)34(31,32)28(16-21-8-5-15-33-21)17-25(30)27-24-10-4-7-19-6-2-3-9-23(19)24/h2-3,5-6,8-9,11-15,24H,4,7,10,16-17H2,1H3,(H,26,29)(H,27,30). The van der Waals surface area contributed by atoms with E-state index in [0.717, 1.165) is 29.1 Å². The van der Waals surface area contributed by atoms with Gasteiger partial charge in [0.25, 0.3) is 0 Å². The van der Waals surface area contributed by atoms with E-state index in [9.17, 15) is 18.0 Å².